The number of hydrogen-bond donors (Lipinski definition) is 1. The van der Waals surface area contributed by atoms with Gasteiger partial charge in [0.2, 0.25) is 0 Å². The summed E-state index contributed by atoms with van der Waals surface area (Å²) in [5.74, 6) is -0.317. The number of nitrogens with one attached hydrogen (secondary N) is 1. The zero-order valence-corrected chi connectivity index (χ0v) is 13.7. The number of urea groups is 1. The van der Waals surface area contributed by atoms with E-state index >= 15 is 0 Å². The highest BCUT2D eigenvalue weighted by atomic mass is 19.1. The van der Waals surface area contributed by atoms with Crippen molar-refractivity contribution in [1.82, 2.24) is 14.5 Å². The molecular weight excluding hydrogens is 319 g/mol. The van der Waals surface area contributed by atoms with Gasteiger partial charge in [-0.25, -0.2) is 13.7 Å². The smallest absolute Gasteiger partial charge is 0.317 e. The molecule has 1 saturated carbocycles. The molecule has 0 radical (unpaired) electrons. The van der Waals surface area contributed by atoms with Crippen molar-refractivity contribution in [1.29, 1.82) is 0 Å². The summed E-state index contributed by atoms with van der Waals surface area (Å²) in [6, 6.07) is 11.9. The lowest BCUT2D eigenvalue weighted by Crippen LogP contribution is -2.45. The largest absolute Gasteiger partial charge is 0.322 e. The Morgan fingerprint density at radius 2 is 2.04 bits per heavy atom. The van der Waals surface area contributed by atoms with E-state index in [9.17, 15) is 9.18 Å². The molecule has 4 rings (SSSR count). The zero-order valence-electron chi connectivity index (χ0n) is 13.7. The topological polar surface area (TPSA) is 49.6 Å². The molecule has 1 aliphatic carbocycles. The number of hydrogen-bond acceptors (Lipinski definition) is 2. The quantitative estimate of drug-likeness (QED) is 0.780. The lowest BCUT2D eigenvalue weighted by atomic mass is 9.91. The van der Waals surface area contributed by atoms with Crippen LogP contribution in [0.3, 0.4) is 0 Å². The van der Waals surface area contributed by atoms with Crippen LogP contribution in [-0.2, 0) is 6.54 Å². The number of carbonyl (C=O) groups is 1. The van der Waals surface area contributed by atoms with Gasteiger partial charge in [0.05, 0.1) is 5.52 Å². The molecule has 0 atom stereocenters. The van der Waals surface area contributed by atoms with E-state index in [0.29, 0.717) is 12.2 Å². The second-order valence-electron chi connectivity index (χ2n) is 6.39. The van der Waals surface area contributed by atoms with Gasteiger partial charge in [-0.3, -0.25) is 0 Å². The first-order chi connectivity index (χ1) is 12.2. The standard InChI is InChI=1S/C19H19FN4O/c20-15-4-6-16(7-5-15)22-19(25)23(17-2-1-3-17)13-14-9-11-24-18(12-14)8-10-21-24/h4-12,17H,1-3,13H2,(H,22,25). The Hall–Kier alpha value is -2.89. The van der Waals surface area contributed by atoms with Gasteiger partial charge < -0.3 is 10.2 Å². The summed E-state index contributed by atoms with van der Waals surface area (Å²) in [4.78, 5) is 14.6. The van der Waals surface area contributed by atoms with Crippen molar-refractivity contribution in [2.24, 2.45) is 0 Å². The monoisotopic (exact) mass is 338 g/mol. The van der Waals surface area contributed by atoms with Crippen molar-refractivity contribution < 1.29 is 9.18 Å². The highest BCUT2D eigenvalue weighted by molar-refractivity contribution is 5.89. The van der Waals surface area contributed by atoms with Gasteiger partial charge in [0, 0.05) is 30.7 Å². The summed E-state index contributed by atoms with van der Waals surface area (Å²) in [7, 11) is 0. The number of anilines is 1. The highest BCUT2D eigenvalue weighted by Gasteiger charge is 2.29. The van der Waals surface area contributed by atoms with E-state index in [1.807, 2.05) is 29.3 Å². The molecule has 3 aromatic rings. The summed E-state index contributed by atoms with van der Waals surface area (Å²) in [5, 5.41) is 7.07. The lowest BCUT2D eigenvalue weighted by Gasteiger charge is -2.37. The van der Waals surface area contributed by atoms with Crippen molar-refractivity contribution >= 4 is 17.2 Å². The summed E-state index contributed by atoms with van der Waals surface area (Å²) in [6.45, 7) is 0.541. The first-order valence-electron chi connectivity index (χ1n) is 8.44. The molecule has 1 aromatic carbocycles. The van der Waals surface area contributed by atoms with Crippen LogP contribution in [0.2, 0.25) is 0 Å². The van der Waals surface area contributed by atoms with Crippen LogP contribution >= 0.6 is 0 Å². The van der Waals surface area contributed by atoms with Crippen LogP contribution in [0.25, 0.3) is 5.52 Å². The van der Waals surface area contributed by atoms with Gasteiger partial charge >= 0.3 is 6.03 Å². The first-order valence-corrected chi connectivity index (χ1v) is 8.44. The Kier molecular flexibility index (Phi) is 4.09. The second kappa shape index (κ2) is 6.55. The Bertz CT molecular complexity index is 886. The average molecular weight is 338 g/mol. The van der Waals surface area contributed by atoms with Gasteiger partial charge in [0.15, 0.2) is 0 Å². The van der Waals surface area contributed by atoms with Crippen LogP contribution in [0.5, 0.6) is 0 Å². The number of carbonyl (C=O) groups excluding carboxylic acids is 1. The molecule has 1 N–H and O–H groups in total. The number of benzene rings is 1. The third-order valence-electron chi connectivity index (χ3n) is 4.69. The van der Waals surface area contributed by atoms with Gasteiger partial charge in [-0.15, -0.1) is 0 Å². The number of fused-ring (bicyclic) bond motifs is 1. The molecule has 0 saturated heterocycles. The van der Waals surface area contributed by atoms with E-state index in [0.717, 1.165) is 30.3 Å². The number of halogens is 1. The van der Waals surface area contributed by atoms with E-state index < -0.39 is 0 Å². The summed E-state index contributed by atoms with van der Waals surface area (Å²) in [5.41, 5.74) is 2.67. The minimum Gasteiger partial charge on any atom is -0.317 e. The van der Waals surface area contributed by atoms with Crippen molar-refractivity contribution in [3.63, 3.8) is 0 Å². The summed E-state index contributed by atoms with van der Waals surface area (Å²) >= 11 is 0. The first kappa shape index (κ1) is 15.6. The maximum absolute atomic E-state index is 13.0. The van der Waals surface area contributed by atoms with Crippen molar-refractivity contribution in [2.75, 3.05) is 5.32 Å². The van der Waals surface area contributed by atoms with Crippen LogP contribution in [0.1, 0.15) is 24.8 Å². The van der Waals surface area contributed by atoms with E-state index in [1.54, 1.807) is 22.8 Å². The van der Waals surface area contributed by atoms with Gasteiger partial charge in [-0.2, -0.15) is 5.10 Å². The second-order valence-corrected chi connectivity index (χ2v) is 6.39. The number of pyridine rings is 1. The molecule has 6 heteroatoms. The van der Waals surface area contributed by atoms with E-state index in [-0.39, 0.29) is 17.9 Å². The highest BCUT2D eigenvalue weighted by Crippen LogP contribution is 2.27. The molecule has 2 heterocycles. The Labute approximate surface area is 145 Å². The van der Waals surface area contributed by atoms with Crippen LogP contribution in [-0.4, -0.2) is 26.6 Å². The Morgan fingerprint density at radius 3 is 2.76 bits per heavy atom. The average Bonchev–Trinajstić information content (AvgIpc) is 3.02. The van der Waals surface area contributed by atoms with E-state index in [1.165, 1.54) is 12.1 Å². The molecule has 1 fully saturated rings. The number of amides is 2. The fourth-order valence-corrected chi connectivity index (χ4v) is 3.06. The molecule has 2 amide bonds. The normalized spacial score (nSPS) is 14.3. The lowest BCUT2D eigenvalue weighted by molar-refractivity contribution is 0.143. The Morgan fingerprint density at radius 1 is 1.24 bits per heavy atom. The number of aromatic nitrogens is 2. The predicted octanol–water partition coefficient (Wildman–Crippen LogP) is 4.06. The van der Waals surface area contributed by atoms with Crippen LogP contribution in [0, 0.1) is 5.82 Å². The number of rotatable bonds is 4. The minimum atomic E-state index is -0.317. The molecular formula is C19H19FN4O. The number of nitrogens with zero attached hydrogens (tertiary/aromatic N) is 3. The third kappa shape index (κ3) is 3.33. The molecule has 5 nitrogen and oxygen atoms in total. The zero-order chi connectivity index (χ0) is 17.2. The molecule has 2 aromatic heterocycles. The van der Waals surface area contributed by atoms with Crippen molar-refractivity contribution in [3.05, 3.63) is 66.2 Å². The van der Waals surface area contributed by atoms with Gasteiger partial charge in [0.1, 0.15) is 5.82 Å². The SMILES string of the molecule is O=C(Nc1ccc(F)cc1)N(Cc1ccn2nccc2c1)C1CCC1. The predicted molar refractivity (Wildman–Crippen MR) is 93.8 cm³/mol. The summed E-state index contributed by atoms with van der Waals surface area (Å²) in [6.07, 6.45) is 6.84. The molecule has 25 heavy (non-hydrogen) atoms. The van der Waals surface area contributed by atoms with E-state index in [4.69, 9.17) is 0 Å². The van der Waals surface area contributed by atoms with Crippen molar-refractivity contribution in [3.8, 4) is 0 Å². The molecule has 0 bridgehead atoms. The summed E-state index contributed by atoms with van der Waals surface area (Å²) < 4.78 is 14.8. The van der Waals surface area contributed by atoms with E-state index in [2.05, 4.69) is 10.4 Å². The maximum atomic E-state index is 13.0. The van der Waals surface area contributed by atoms with Gasteiger partial charge in [-0.1, -0.05) is 0 Å². The van der Waals surface area contributed by atoms with Gasteiger partial charge in [0.25, 0.3) is 0 Å². The van der Waals surface area contributed by atoms with Crippen LogP contribution < -0.4 is 5.32 Å². The van der Waals surface area contributed by atoms with Crippen LogP contribution in [0.15, 0.2) is 54.9 Å². The maximum Gasteiger partial charge on any atom is 0.322 e. The molecule has 1 aliphatic rings. The van der Waals surface area contributed by atoms with Crippen molar-refractivity contribution in [2.45, 2.75) is 31.8 Å². The molecule has 0 unspecified atom stereocenters. The Balaban J connectivity index is 1.52. The molecule has 128 valence electrons. The van der Waals surface area contributed by atoms with Gasteiger partial charge in [-0.05, 0) is 67.3 Å². The fraction of sp³-hybridized carbons (Fsp3) is 0.263. The molecule has 0 aliphatic heterocycles. The van der Waals surface area contributed by atoms with Crippen LogP contribution in [0.4, 0.5) is 14.9 Å². The fourth-order valence-electron chi connectivity index (χ4n) is 3.06. The minimum absolute atomic E-state index is 0.148. The third-order valence-corrected chi connectivity index (χ3v) is 4.69. The molecule has 0 spiro atoms.